The number of Topliss-reactive ketones (excluding diaryl/α,β-unsaturated/α-hetero) is 3. The summed E-state index contributed by atoms with van der Waals surface area (Å²) in [4.78, 5) is 57.1. The van der Waals surface area contributed by atoms with Gasteiger partial charge in [-0.1, -0.05) is 103 Å². The van der Waals surface area contributed by atoms with Crippen molar-refractivity contribution >= 4 is 47.1 Å². The maximum Gasteiger partial charge on any atom is 0.330 e. The molecule has 0 bridgehead atoms. The zero-order valence-electron chi connectivity index (χ0n) is 22.6. The van der Waals surface area contributed by atoms with E-state index in [4.69, 9.17) is 16.3 Å². The summed E-state index contributed by atoms with van der Waals surface area (Å²) in [5.41, 5.74) is 0.103. The maximum atomic E-state index is 14.7. The molecule has 6 rings (SSSR count). The molecule has 5 nitrogen and oxygen atoms in total. The molecule has 1 fully saturated rings. The fourth-order valence-corrected chi connectivity index (χ4v) is 6.33. The molecule has 6 heteroatoms. The molecule has 1 aliphatic heterocycles. The summed E-state index contributed by atoms with van der Waals surface area (Å²) in [6, 6.07) is 31.3. The number of carbonyl (C=O) groups is 4. The van der Waals surface area contributed by atoms with E-state index in [1.165, 1.54) is 6.92 Å². The Bertz CT molecular complexity index is 1790. The fourth-order valence-electron chi connectivity index (χ4n) is 6.15. The molecule has 2 aliphatic rings. The predicted octanol–water partition coefficient (Wildman–Crippen LogP) is 7.17. The van der Waals surface area contributed by atoms with Crippen LogP contribution in [-0.4, -0.2) is 23.3 Å². The first-order valence-electron chi connectivity index (χ1n) is 13.5. The van der Waals surface area contributed by atoms with Crippen molar-refractivity contribution < 1.29 is 23.9 Å². The largest absolute Gasteiger partial charge is 0.425 e. The lowest BCUT2D eigenvalue weighted by molar-refractivity contribution is -0.143. The van der Waals surface area contributed by atoms with E-state index in [2.05, 4.69) is 0 Å². The third kappa shape index (κ3) is 4.43. The molecule has 0 spiro atoms. The van der Waals surface area contributed by atoms with Gasteiger partial charge in [-0.15, -0.1) is 0 Å². The number of benzene rings is 4. The van der Waals surface area contributed by atoms with Gasteiger partial charge in [0.05, 0.1) is 5.92 Å². The number of rotatable bonds is 6. The first-order valence-corrected chi connectivity index (χ1v) is 13.9. The summed E-state index contributed by atoms with van der Waals surface area (Å²) in [5, 5.41) is 0.343. The molecule has 206 valence electrons. The van der Waals surface area contributed by atoms with Crippen LogP contribution in [0.1, 0.15) is 39.9 Å². The number of fused-ring (bicyclic) bond motifs is 3. The molecule has 3 atom stereocenters. The van der Waals surface area contributed by atoms with Gasteiger partial charge >= 0.3 is 5.97 Å². The molecule has 0 amide bonds. The van der Waals surface area contributed by atoms with Crippen LogP contribution in [0.2, 0.25) is 5.02 Å². The van der Waals surface area contributed by atoms with Crippen molar-refractivity contribution in [2.24, 2.45) is 11.3 Å². The number of hydrogen-bond acceptors (Lipinski definition) is 5. The molecular weight excluding hydrogens is 548 g/mol. The Hall–Kier alpha value is -4.87. The molecule has 1 heterocycles. The lowest BCUT2D eigenvalue weighted by Gasteiger charge is -2.39. The minimum Gasteiger partial charge on any atom is -0.425 e. The van der Waals surface area contributed by atoms with Crippen LogP contribution < -0.4 is 4.74 Å². The Balaban J connectivity index is 1.72. The van der Waals surface area contributed by atoms with Crippen molar-refractivity contribution in [1.29, 1.82) is 0 Å². The summed E-state index contributed by atoms with van der Waals surface area (Å²) < 4.78 is 5.85. The van der Waals surface area contributed by atoms with Crippen LogP contribution in [0.3, 0.4) is 0 Å². The Morgan fingerprint density at radius 2 is 1.40 bits per heavy atom. The van der Waals surface area contributed by atoms with Crippen LogP contribution in [0, 0.1) is 11.3 Å². The average molecular weight is 573 g/mol. The van der Waals surface area contributed by atoms with Crippen LogP contribution in [-0.2, 0) is 14.4 Å². The van der Waals surface area contributed by atoms with Gasteiger partial charge in [-0.25, -0.2) is 0 Å². The maximum absolute atomic E-state index is 14.7. The minimum atomic E-state index is -2.07. The third-order valence-corrected chi connectivity index (χ3v) is 8.21. The Kier molecular flexibility index (Phi) is 7.05. The Morgan fingerprint density at radius 3 is 2.02 bits per heavy atom. The van der Waals surface area contributed by atoms with Crippen LogP contribution >= 0.6 is 11.6 Å². The van der Waals surface area contributed by atoms with Crippen molar-refractivity contribution in [1.82, 2.24) is 0 Å². The molecule has 0 saturated heterocycles. The highest BCUT2D eigenvalue weighted by molar-refractivity contribution is 6.31. The first kappa shape index (κ1) is 27.3. The van der Waals surface area contributed by atoms with E-state index in [1.54, 1.807) is 84.9 Å². The van der Waals surface area contributed by atoms with E-state index in [9.17, 15) is 19.2 Å². The average Bonchev–Trinajstić information content (AvgIpc) is 3.26. The van der Waals surface area contributed by atoms with Crippen molar-refractivity contribution in [3.63, 3.8) is 0 Å². The second kappa shape index (κ2) is 10.8. The fraction of sp³-hybridized carbons (Fsp3) is 0.111. The molecule has 0 aromatic heterocycles. The SMILES string of the molecule is CC(=O)/C(=C/c1ccccc1)[C@@H]1C(=O)/C(=C/c2ccccc2)[C@@]2(C(=O)c3ccccc3)C(=O)Oc3ccc(Cl)cc3C12. The normalized spacial score (nSPS) is 22.3. The van der Waals surface area contributed by atoms with Gasteiger partial charge in [-0.3, -0.25) is 19.2 Å². The number of carbonyl (C=O) groups excluding carboxylic acids is 4. The van der Waals surface area contributed by atoms with Crippen LogP contribution in [0.25, 0.3) is 12.2 Å². The van der Waals surface area contributed by atoms with Gasteiger partial charge in [0.1, 0.15) is 5.75 Å². The number of hydrogen-bond donors (Lipinski definition) is 0. The predicted molar refractivity (Wildman–Crippen MR) is 161 cm³/mol. The van der Waals surface area contributed by atoms with Gasteiger partial charge < -0.3 is 4.74 Å². The van der Waals surface area contributed by atoms with Gasteiger partial charge in [-0.2, -0.15) is 0 Å². The summed E-state index contributed by atoms with van der Waals surface area (Å²) in [5.74, 6) is -4.32. The van der Waals surface area contributed by atoms with Crippen molar-refractivity contribution in [3.8, 4) is 5.75 Å². The van der Waals surface area contributed by atoms with Gasteiger partial charge in [0, 0.05) is 33.2 Å². The first-order chi connectivity index (χ1) is 20.3. The number of halogens is 1. The van der Waals surface area contributed by atoms with Gasteiger partial charge in [0.2, 0.25) is 0 Å². The Labute approximate surface area is 248 Å². The summed E-state index contributed by atoms with van der Waals surface area (Å²) >= 11 is 6.46. The number of esters is 1. The molecule has 0 N–H and O–H groups in total. The molecule has 1 aliphatic carbocycles. The summed E-state index contributed by atoms with van der Waals surface area (Å²) in [6.45, 7) is 1.39. The molecule has 1 saturated carbocycles. The second-order valence-electron chi connectivity index (χ2n) is 10.4. The highest BCUT2D eigenvalue weighted by atomic mass is 35.5. The summed E-state index contributed by atoms with van der Waals surface area (Å²) in [7, 11) is 0. The zero-order chi connectivity index (χ0) is 29.4. The van der Waals surface area contributed by atoms with Gasteiger partial charge in [-0.05, 0) is 48.4 Å². The molecule has 0 radical (unpaired) electrons. The van der Waals surface area contributed by atoms with E-state index < -0.39 is 34.8 Å². The number of allylic oxidation sites excluding steroid dienone is 1. The topological polar surface area (TPSA) is 77.5 Å². The monoisotopic (exact) mass is 572 g/mol. The molecule has 42 heavy (non-hydrogen) atoms. The van der Waals surface area contributed by atoms with Crippen molar-refractivity contribution in [2.45, 2.75) is 12.8 Å². The highest BCUT2D eigenvalue weighted by Crippen LogP contribution is 2.62. The van der Waals surface area contributed by atoms with Gasteiger partial charge in [0.15, 0.2) is 22.8 Å². The van der Waals surface area contributed by atoms with Crippen LogP contribution in [0.4, 0.5) is 0 Å². The van der Waals surface area contributed by atoms with Crippen molar-refractivity contribution in [3.05, 3.63) is 148 Å². The van der Waals surface area contributed by atoms with Crippen LogP contribution in [0.15, 0.2) is 120 Å². The van der Waals surface area contributed by atoms with Crippen LogP contribution in [0.5, 0.6) is 5.75 Å². The lowest BCUT2D eigenvalue weighted by Crippen LogP contribution is -2.49. The highest BCUT2D eigenvalue weighted by Gasteiger charge is 2.69. The number of ketones is 3. The van der Waals surface area contributed by atoms with E-state index >= 15 is 0 Å². The molecular formula is C36H25ClO5. The van der Waals surface area contributed by atoms with Gasteiger partial charge in [0.25, 0.3) is 0 Å². The number of ether oxygens (including phenoxy) is 1. The Morgan fingerprint density at radius 1 is 0.810 bits per heavy atom. The van der Waals surface area contributed by atoms with E-state index in [0.29, 0.717) is 21.7 Å². The minimum absolute atomic E-state index is 0.0200. The zero-order valence-corrected chi connectivity index (χ0v) is 23.4. The van der Waals surface area contributed by atoms with E-state index in [-0.39, 0.29) is 28.2 Å². The van der Waals surface area contributed by atoms with Crippen molar-refractivity contribution in [2.75, 3.05) is 0 Å². The smallest absolute Gasteiger partial charge is 0.330 e. The third-order valence-electron chi connectivity index (χ3n) is 7.97. The quantitative estimate of drug-likeness (QED) is 0.0805. The van der Waals surface area contributed by atoms with E-state index in [0.717, 1.165) is 0 Å². The molecule has 1 unspecified atom stereocenters. The standard InChI is InChI=1S/C36H25ClO5/c1-22(38)27(19-23-11-5-2-6-12-23)31-32-28-21-26(37)17-18-30(28)42-35(41)36(32,34(40)25-15-9-4-10-16-25)29(33(31)39)20-24-13-7-3-8-14-24/h2-21,31-32H,1H3/b27-19-,29-20-/t31-,32?,36+/m0/s1. The molecule has 4 aromatic carbocycles. The second-order valence-corrected chi connectivity index (χ2v) is 10.9. The van der Waals surface area contributed by atoms with E-state index in [1.807, 2.05) is 36.4 Å². The summed E-state index contributed by atoms with van der Waals surface area (Å²) in [6.07, 6.45) is 3.24. The lowest BCUT2D eigenvalue weighted by atomic mass is 9.63. The molecule has 4 aromatic rings.